The van der Waals surface area contributed by atoms with E-state index in [4.69, 9.17) is 4.74 Å². The zero-order valence-electron chi connectivity index (χ0n) is 12.6. The molecule has 1 aliphatic rings. The van der Waals surface area contributed by atoms with E-state index < -0.39 is 0 Å². The van der Waals surface area contributed by atoms with Crippen molar-refractivity contribution in [2.24, 2.45) is 5.41 Å². The van der Waals surface area contributed by atoms with Gasteiger partial charge in [-0.15, -0.1) is 0 Å². The summed E-state index contributed by atoms with van der Waals surface area (Å²) < 4.78 is 5.94. The maximum atomic E-state index is 5.94. The van der Waals surface area contributed by atoms with Crippen LogP contribution in [0.5, 0.6) is 0 Å². The van der Waals surface area contributed by atoms with Gasteiger partial charge in [-0.1, -0.05) is 20.8 Å². The number of likely N-dealkylation sites (N-methyl/N-ethyl adjacent to an activating group) is 1. The minimum Gasteiger partial charge on any atom is -0.370 e. The molecule has 2 unspecified atom stereocenters. The average Bonchev–Trinajstić information content (AvgIpc) is 2.08. The fraction of sp³-hybridized carbons (Fsp3) is 1.00. The Morgan fingerprint density at radius 1 is 1.41 bits per heavy atom. The van der Waals surface area contributed by atoms with Gasteiger partial charge < -0.3 is 10.1 Å². The first kappa shape index (κ1) is 14.9. The summed E-state index contributed by atoms with van der Waals surface area (Å²) in [6.45, 7) is 16.6. The summed E-state index contributed by atoms with van der Waals surface area (Å²) in [5.41, 5.74) is 0.272. The Hall–Kier alpha value is -0.120. The summed E-state index contributed by atoms with van der Waals surface area (Å²) in [5.74, 6) is 0. The van der Waals surface area contributed by atoms with Gasteiger partial charge in [0.1, 0.15) is 0 Å². The van der Waals surface area contributed by atoms with Crippen molar-refractivity contribution in [1.82, 2.24) is 10.2 Å². The molecule has 1 saturated heterocycles. The van der Waals surface area contributed by atoms with Crippen LogP contribution in [0.15, 0.2) is 0 Å². The molecule has 3 heteroatoms. The average molecular weight is 242 g/mol. The second-order valence-corrected chi connectivity index (χ2v) is 7.09. The minimum absolute atomic E-state index is 0.0200. The molecule has 1 aliphatic heterocycles. The van der Waals surface area contributed by atoms with E-state index in [9.17, 15) is 0 Å². The van der Waals surface area contributed by atoms with Gasteiger partial charge in [0.05, 0.1) is 11.7 Å². The molecule has 0 bridgehead atoms. The summed E-state index contributed by atoms with van der Waals surface area (Å²) in [5, 5.41) is 3.45. The van der Waals surface area contributed by atoms with Crippen molar-refractivity contribution in [3.05, 3.63) is 0 Å². The van der Waals surface area contributed by atoms with Crippen LogP contribution < -0.4 is 5.32 Å². The van der Waals surface area contributed by atoms with Crippen LogP contribution in [0.3, 0.4) is 0 Å². The smallest absolute Gasteiger partial charge is 0.0757 e. The predicted molar refractivity (Wildman–Crippen MR) is 73.4 cm³/mol. The lowest BCUT2D eigenvalue weighted by Gasteiger charge is -2.44. The fourth-order valence-electron chi connectivity index (χ4n) is 2.78. The Morgan fingerprint density at radius 3 is 2.41 bits per heavy atom. The first-order chi connectivity index (χ1) is 7.64. The Bertz CT molecular complexity index is 245. The normalized spacial score (nSPS) is 28.1. The summed E-state index contributed by atoms with van der Waals surface area (Å²) in [4.78, 5) is 2.53. The van der Waals surface area contributed by atoms with Crippen molar-refractivity contribution in [3.63, 3.8) is 0 Å². The van der Waals surface area contributed by atoms with Crippen LogP contribution in [0.1, 0.15) is 41.5 Å². The molecule has 2 atom stereocenters. The molecule has 0 aromatic rings. The number of hydrogen-bond donors (Lipinski definition) is 1. The Morgan fingerprint density at radius 2 is 2.00 bits per heavy atom. The molecular weight excluding hydrogens is 212 g/mol. The quantitative estimate of drug-likeness (QED) is 0.820. The molecule has 0 spiro atoms. The molecule has 1 heterocycles. The Labute approximate surface area is 107 Å². The number of ether oxygens (including phenoxy) is 1. The van der Waals surface area contributed by atoms with Gasteiger partial charge in [0.2, 0.25) is 0 Å². The van der Waals surface area contributed by atoms with Crippen LogP contribution >= 0.6 is 0 Å². The van der Waals surface area contributed by atoms with Gasteiger partial charge >= 0.3 is 0 Å². The second-order valence-electron chi connectivity index (χ2n) is 7.09. The van der Waals surface area contributed by atoms with Gasteiger partial charge in [-0.3, -0.25) is 4.90 Å². The molecule has 0 aromatic carbocycles. The van der Waals surface area contributed by atoms with E-state index in [1.54, 1.807) is 0 Å². The number of morpholine rings is 1. The molecule has 102 valence electrons. The lowest BCUT2D eigenvalue weighted by atomic mass is 9.86. The third-order valence-corrected chi connectivity index (χ3v) is 3.47. The van der Waals surface area contributed by atoms with Gasteiger partial charge in [0.15, 0.2) is 0 Å². The number of hydrogen-bond acceptors (Lipinski definition) is 3. The standard InChI is InChI=1S/C14H30N2O/c1-11-8-16(10-14(5,6)17-11)9-12(15-7)13(2,3)4/h11-12,15H,8-10H2,1-7H3. The molecule has 0 saturated carbocycles. The van der Waals surface area contributed by atoms with Crippen LogP contribution in [0.2, 0.25) is 0 Å². The lowest BCUT2D eigenvalue weighted by Crippen LogP contribution is -2.56. The lowest BCUT2D eigenvalue weighted by molar-refractivity contribution is -0.131. The highest BCUT2D eigenvalue weighted by Gasteiger charge is 2.34. The largest absolute Gasteiger partial charge is 0.370 e. The monoisotopic (exact) mass is 242 g/mol. The van der Waals surface area contributed by atoms with Gasteiger partial charge in [-0.05, 0) is 33.2 Å². The molecule has 0 amide bonds. The highest BCUT2D eigenvalue weighted by Crippen LogP contribution is 2.24. The number of nitrogens with one attached hydrogen (secondary N) is 1. The molecule has 17 heavy (non-hydrogen) atoms. The van der Waals surface area contributed by atoms with Crippen LogP contribution in [0.25, 0.3) is 0 Å². The van der Waals surface area contributed by atoms with Crippen molar-refractivity contribution in [2.45, 2.75) is 59.3 Å². The summed E-state index contributed by atoms with van der Waals surface area (Å²) in [6.07, 6.45) is 0.330. The van der Waals surface area contributed by atoms with E-state index in [2.05, 4.69) is 58.8 Å². The Kier molecular flexibility index (Phi) is 4.61. The van der Waals surface area contributed by atoms with Gasteiger partial charge in [0.25, 0.3) is 0 Å². The SMILES string of the molecule is CNC(CN1CC(C)OC(C)(C)C1)C(C)(C)C. The van der Waals surface area contributed by atoms with E-state index in [-0.39, 0.29) is 5.60 Å². The van der Waals surface area contributed by atoms with Crippen molar-refractivity contribution < 1.29 is 4.74 Å². The van der Waals surface area contributed by atoms with Crippen LogP contribution in [0.4, 0.5) is 0 Å². The van der Waals surface area contributed by atoms with Crippen molar-refractivity contribution in [2.75, 3.05) is 26.7 Å². The number of nitrogens with zero attached hydrogens (tertiary/aromatic N) is 1. The number of rotatable bonds is 3. The molecule has 0 aliphatic carbocycles. The van der Waals surface area contributed by atoms with E-state index in [0.29, 0.717) is 17.6 Å². The maximum Gasteiger partial charge on any atom is 0.0757 e. The van der Waals surface area contributed by atoms with Crippen LogP contribution in [0, 0.1) is 5.41 Å². The first-order valence-electron chi connectivity index (χ1n) is 6.71. The minimum atomic E-state index is -0.0200. The van der Waals surface area contributed by atoms with Crippen LogP contribution in [-0.2, 0) is 4.74 Å². The molecular formula is C14H30N2O. The third kappa shape index (κ3) is 4.57. The third-order valence-electron chi connectivity index (χ3n) is 3.47. The zero-order valence-corrected chi connectivity index (χ0v) is 12.6. The molecule has 3 nitrogen and oxygen atoms in total. The molecule has 1 fully saturated rings. The predicted octanol–water partition coefficient (Wildman–Crippen LogP) is 2.12. The van der Waals surface area contributed by atoms with E-state index in [1.165, 1.54) is 0 Å². The molecule has 1 rings (SSSR count). The highest BCUT2D eigenvalue weighted by atomic mass is 16.5. The Balaban J connectivity index is 2.61. The van der Waals surface area contributed by atoms with Gasteiger partial charge in [-0.2, -0.15) is 0 Å². The topological polar surface area (TPSA) is 24.5 Å². The fourth-order valence-corrected chi connectivity index (χ4v) is 2.78. The van der Waals surface area contributed by atoms with E-state index >= 15 is 0 Å². The van der Waals surface area contributed by atoms with Crippen LogP contribution in [-0.4, -0.2) is 49.3 Å². The zero-order chi connectivity index (χ0) is 13.3. The molecule has 0 radical (unpaired) electrons. The van der Waals surface area contributed by atoms with Crippen molar-refractivity contribution >= 4 is 0 Å². The van der Waals surface area contributed by atoms with Gasteiger partial charge in [0, 0.05) is 25.7 Å². The summed E-state index contributed by atoms with van der Waals surface area (Å²) >= 11 is 0. The van der Waals surface area contributed by atoms with Crippen molar-refractivity contribution in [3.8, 4) is 0 Å². The summed E-state index contributed by atoms with van der Waals surface area (Å²) in [6, 6.07) is 0.517. The summed E-state index contributed by atoms with van der Waals surface area (Å²) in [7, 11) is 2.06. The molecule has 1 N–H and O–H groups in total. The van der Waals surface area contributed by atoms with E-state index in [0.717, 1.165) is 19.6 Å². The maximum absolute atomic E-state index is 5.94. The van der Waals surface area contributed by atoms with Gasteiger partial charge in [-0.25, -0.2) is 0 Å². The van der Waals surface area contributed by atoms with Crippen molar-refractivity contribution in [1.29, 1.82) is 0 Å². The van der Waals surface area contributed by atoms with E-state index in [1.807, 2.05) is 0 Å². The second kappa shape index (κ2) is 5.25. The highest BCUT2D eigenvalue weighted by molar-refractivity contribution is 4.88. The first-order valence-corrected chi connectivity index (χ1v) is 6.71. The molecule has 0 aromatic heterocycles.